The Hall–Kier alpha value is -1.88. The van der Waals surface area contributed by atoms with E-state index < -0.39 is 0 Å². The summed E-state index contributed by atoms with van der Waals surface area (Å²) in [6.07, 6.45) is 0. The Morgan fingerprint density at radius 1 is 1.11 bits per heavy atom. The summed E-state index contributed by atoms with van der Waals surface area (Å²) in [6, 6.07) is 12.9. The highest BCUT2D eigenvalue weighted by Crippen LogP contribution is 2.26. The first kappa shape index (κ1) is 13.5. The summed E-state index contributed by atoms with van der Waals surface area (Å²) >= 11 is 0. The van der Waals surface area contributed by atoms with Gasteiger partial charge in [0, 0.05) is 9.47 Å². The Bertz CT molecular complexity index is 603. The zero-order valence-corrected chi connectivity index (χ0v) is 11.7. The minimum Gasteiger partial charge on any atom is -0.457 e. The standard InChI is InChI=1S/C15H14NO2P/c1-11-3-6-15(9-12(11)10-17-19)18-14-7-4-13(16-2)5-8-14/h3-9H,10,19H2,1H3. The van der Waals surface area contributed by atoms with Gasteiger partial charge < -0.3 is 9.26 Å². The maximum atomic E-state index is 6.90. The fraction of sp³-hybridized carbons (Fsp3) is 0.133. The third kappa shape index (κ3) is 3.54. The molecule has 0 saturated carbocycles. The molecule has 0 radical (unpaired) electrons. The van der Waals surface area contributed by atoms with Crippen molar-refractivity contribution in [1.29, 1.82) is 0 Å². The Kier molecular flexibility index (Phi) is 4.52. The van der Waals surface area contributed by atoms with E-state index in [1.165, 1.54) is 0 Å². The topological polar surface area (TPSA) is 22.8 Å². The van der Waals surface area contributed by atoms with Crippen molar-refractivity contribution in [2.75, 3.05) is 0 Å². The van der Waals surface area contributed by atoms with Crippen molar-refractivity contribution < 1.29 is 9.26 Å². The van der Waals surface area contributed by atoms with Crippen molar-refractivity contribution in [2.45, 2.75) is 13.5 Å². The lowest BCUT2D eigenvalue weighted by molar-refractivity contribution is 0.359. The van der Waals surface area contributed by atoms with Crippen LogP contribution < -0.4 is 4.74 Å². The second kappa shape index (κ2) is 6.33. The molecule has 0 heterocycles. The number of rotatable bonds is 4. The van der Waals surface area contributed by atoms with E-state index in [1.807, 2.05) is 25.1 Å². The summed E-state index contributed by atoms with van der Waals surface area (Å²) in [5, 5.41) is 0. The molecule has 4 heteroatoms. The van der Waals surface area contributed by atoms with Gasteiger partial charge in [0.2, 0.25) is 0 Å². The van der Waals surface area contributed by atoms with Crippen molar-refractivity contribution in [3.05, 3.63) is 65.0 Å². The predicted molar refractivity (Wildman–Crippen MR) is 78.5 cm³/mol. The number of ether oxygens (including phenoxy) is 1. The molecule has 0 aliphatic heterocycles. The van der Waals surface area contributed by atoms with E-state index in [2.05, 4.69) is 14.3 Å². The Labute approximate surface area is 115 Å². The Morgan fingerprint density at radius 2 is 1.79 bits per heavy atom. The largest absolute Gasteiger partial charge is 0.457 e. The minimum absolute atomic E-state index is 0.532. The second-order valence-electron chi connectivity index (χ2n) is 4.11. The van der Waals surface area contributed by atoms with E-state index in [0.29, 0.717) is 18.0 Å². The maximum Gasteiger partial charge on any atom is 0.187 e. The van der Waals surface area contributed by atoms with Crippen molar-refractivity contribution in [3.8, 4) is 11.5 Å². The molecule has 2 rings (SSSR count). The van der Waals surface area contributed by atoms with Crippen molar-refractivity contribution in [3.63, 3.8) is 0 Å². The summed E-state index contributed by atoms with van der Waals surface area (Å²) < 4.78 is 10.8. The molecule has 2 aromatic rings. The molecule has 0 fully saturated rings. The zero-order valence-electron chi connectivity index (χ0n) is 10.6. The molecule has 1 atom stereocenters. The normalized spacial score (nSPS) is 9.95. The molecule has 0 bridgehead atoms. The van der Waals surface area contributed by atoms with Crippen LogP contribution in [0.1, 0.15) is 11.1 Å². The number of hydrogen-bond acceptors (Lipinski definition) is 2. The van der Waals surface area contributed by atoms with Crippen LogP contribution in [0.15, 0.2) is 42.5 Å². The zero-order chi connectivity index (χ0) is 13.7. The van der Waals surface area contributed by atoms with Crippen molar-refractivity contribution in [2.24, 2.45) is 0 Å². The number of aryl methyl sites for hydroxylation is 1. The van der Waals surface area contributed by atoms with E-state index in [0.717, 1.165) is 16.9 Å². The molecule has 0 N–H and O–H groups in total. The molecule has 19 heavy (non-hydrogen) atoms. The summed E-state index contributed by atoms with van der Waals surface area (Å²) in [5.74, 6) is 1.48. The number of hydrogen-bond donors (Lipinski definition) is 0. The van der Waals surface area contributed by atoms with Gasteiger partial charge in [-0.3, -0.25) is 0 Å². The monoisotopic (exact) mass is 271 g/mol. The lowest BCUT2D eigenvalue weighted by Gasteiger charge is -2.09. The minimum atomic E-state index is 0.532. The van der Waals surface area contributed by atoms with E-state index in [4.69, 9.17) is 15.8 Å². The molecule has 0 aliphatic rings. The number of benzene rings is 2. The predicted octanol–water partition coefficient (Wildman–Crippen LogP) is 4.64. The van der Waals surface area contributed by atoms with Crippen LogP contribution in [0.2, 0.25) is 0 Å². The molecule has 0 aliphatic carbocycles. The van der Waals surface area contributed by atoms with Crippen LogP contribution in [0.4, 0.5) is 5.69 Å². The van der Waals surface area contributed by atoms with Gasteiger partial charge in [-0.15, -0.1) is 0 Å². The van der Waals surface area contributed by atoms with Gasteiger partial charge in [0.05, 0.1) is 13.2 Å². The van der Waals surface area contributed by atoms with E-state index in [1.54, 1.807) is 24.3 Å². The van der Waals surface area contributed by atoms with Crippen molar-refractivity contribution >= 4 is 15.2 Å². The molecular formula is C15H14NO2P. The van der Waals surface area contributed by atoms with Gasteiger partial charge >= 0.3 is 0 Å². The molecule has 0 spiro atoms. The van der Waals surface area contributed by atoms with Crippen LogP contribution in [0.3, 0.4) is 0 Å². The van der Waals surface area contributed by atoms with Crippen LogP contribution in [0.25, 0.3) is 4.85 Å². The lowest BCUT2D eigenvalue weighted by Crippen LogP contribution is -1.91. The van der Waals surface area contributed by atoms with Gasteiger partial charge in [0.1, 0.15) is 11.5 Å². The van der Waals surface area contributed by atoms with E-state index in [-0.39, 0.29) is 0 Å². The summed E-state index contributed by atoms with van der Waals surface area (Å²) in [6.45, 7) is 9.47. The fourth-order valence-corrected chi connectivity index (χ4v) is 1.86. The van der Waals surface area contributed by atoms with Gasteiger partial charge in [-0.2, -0.15) is 0 Å². The molecule has 2 aromatic carbocycles. The first-order valence-corrected chi connectivity index (χ1v) is 6.26. The third-order valence-corrected chi connectivity index (χ3v) is 2.93. The van der Waals surface area contributed by atoms with E-state index >= 15 is 0 Å². The van der Waals surface area contributed by atoms with Crippen LogP contribution in [-0.4, -0.2) is 0 Å². The Balaban J connectivity index is 2.18. The van der Waals surface area contributed by atoms with Gasteiger partial charge in [-0.1, -0.05) is 18.2 Å². The third-order valence-electron chi connectivity index (χ3n) is 2.76. The van der Waals surface area contributed by atoms with Crippen molar-refractivity contribution in [1.82, 2.24) is 0 Å². The Morgan fingerprint density at radius 3 is 2.42 bits per heavy atom. The highest BCUT2D eigenvalue weighted by Gasteiger charge is 2.03. The SMILES string of the molecule is [C-]#[N+]c1ccc(Oc2ccc(C)c(COP)c2)cc1. The quantitative estimate of drug-likeness (QED) is 0.597. The van der Waals surface area contributed by atoms with Crippen LogP contribution in [-0.2, 0) is 11.1 Å². The lowest BCUT2D eigenvalue weighted by atomic mass is 10.1. The van der Waals surface area contributed by atoms with Crippen LogP contribution in [0.5, 0.6) is 11.5 Å². The maximum absolute atomic E-state index is 6.90. The molecule has 0 aromatic heterocycles. The summed E-state index contributed by atoms with van der Waals surface area (Å²) in [4.78, 5) is 3.34. The smallest absolute Gasteiger partial charge is 0.187 e. The molecule has 3 nitrogen and oxygen atoms in total. The average molecular weight is 271 g/mol. The molecule has 96 valence electrons. The highest BCUT2D eigenvalue weighted by molar-refractivity contribution is 7.09. The van der Waals surface area contributed by atoms with E-state index in [9.17, 15) is 0 Å². The molecular weight excluding hydrogens is 257 g/mol. The van der Waals surface area contributed by atoms with Gasteiger partial charge in [-0.25, -0.2) is 4.85 Å². The van der Waals surface area contributed by atoms with Gasteiger partial charge in [0.15, 0.2) is 5.69 Å². The first-order chi connectivity index (χ1) is 9.22. The highest BCUT2D eigenvalue weighted by atomic mass is 31.0. The summed E-state index contributed by atoms with van der Waals surface area (Å²) in [5.41, 5.74) is 2.86. The van der Waals surface area contributed by atoms with Gasteiger partial charge in [0.25, 0.3) is 0 Å². The average Bonchev–Trinajstić information content (AvgIpc) is 2.44. The van der Waals surface area contributed by atoms with Gasteiger partial charge in [-0.05, 0) is 42.3 Å². The molecule has 0 amide bonds. The fourth-order valence-electron chi connectivity index (χ4n) is 1.68. The molecule has 1 unspecified atom stereocenters. The van der Waals surface area contributed by atoms with Crippen LogP contribution in [0, 0.1) is 13.5 Å². The summed E-state index contributed by atoms with van der Waals surface area (Å²) in [7, 11) is 2.25. The van der Waals surface area contributed by atoms with Crippen LogP contribution >= 0.6 is 9.47 Å². The molecule has 0 saturated heterocycles. The number of nitrogens with zero attached hydrogens (tertiary/aromatic N) is 1. The first-order valence-electron chi connectivity index (χ1n) is 5.79. The second-order valence-corrected chi connectivity index (χ2v) is 4.44.